The fourth-order valence-corrected chi connectivity index (χ4v) is 3.56. The van der Waals surface area contributed by atoms with Crippen LogP contribution in [0.4, 0.5) is 8.78 Å². The van der Waals surface area contributed by atoms with Gasteiger partial charge in [-0.3, -0.25) is 4.40 Å². The van der Waals surface area contributed by atoms with Gasteiger partial charge in [-0.05, 0) is 29.3 Å². The molecule has 1 aromatic carbocycles. The standard InChI is InChI=1S/C19H14F2N4O/c20-19(21)9-13(19)8-17-23-24-18-15(10-22)14(3-5-25(17)18)11-1-2-16-12(7-11)4-6-26-16/h1-3,5,7,13H,4,6,8-9H2. The Morgan fingerprint density at radius 1 is 1.31 bits per heavy atom. The Hall–Kier alpha value is -3.01. The van der Waals surface area contributed by atoms with E-state index in [2.05, 4.69) is 16.3 Å². The molecule has 0 radical (unpaired) electrons. The smallest absolute Gasteiger partial charge is 0.252 e. The highest BCUT2D eigenvalue weighted by atomic mass is 19.3. The van der Waals surface area contributed by atoms with Crippen molar-refractivity contribution in [2.75, 3.05) is 6.61 Å². The minimum Gasteiger partial charge on any atom is -0.493 e. The van der Waals surface area contributed by atoms with Crippen LogP contribution in [0.3, 0.4) is 0 Å². The van der Waals surface area contributed by atoms with Crippen molar-refractivity contribution < 1.29 is 13.5 Å². The highest BCUT2D eigenvalue weighted by molar-refractivity contribution is 5.78. The minimum absolute atomic E-state index is 0.109. The molecule has 0 spiro atoms. The van der Waals surface area contributed by atoms with Crippen molar-refractivity contribution >= 4 is 5.65 Å². The molecule has 1 unspecified atom stereocenters. The number of hydrogen-bond acceptors (Lipinski definition) is 4. The van der Waals surface area contributed by atoms with Crippen LogP contribution in [-0.4, -0.2) is 27.1 Å². The van der Waals surface area contributed by atoms with Gasteiger partial charge in [-0.2, -0.15) is 5.26 Å². The number of nitriles is 1. The van der Waals surface area contributed by atoms with Gasteiger partial charge in [0.25, 0.3) is 5.92 Å². The van der Waals surface area contributed by atoms with Crippen molar-refractivity contribution in [2.45, 2.75) is 25.2 Å². The zero-order chi connectivity index (χ0) is 17.9. The van der Waals surface area contributed by atoms with E-state index in [1.54, 1.807) is 10.6 Å². The molecule has 5 rings (SSSR count). The number of rotatable bonds is 3. The number of alkyl halides is 2. The number of halogens is 2. The maximum Gasteiger partial charge on any atom is 0.252 e. The number of aromatic nitrogens is 3. The number of hydrogen-bond donors (Lipinski definition) is 0. The molecule has 1 atom stereocenters. The van der Waals surface area contributed by atoms with Crippen molar-refractivity contribution in [3.05, 3.63) is 47.4 Å². The van der Waals surface area contributed by atoms with E-state index in [1.807, 2.05) is 24.3 Å². The average Bonchev–Trinajstić information content (AvgIpc) is 3.00. The predicted octanol–water partition coefficient (Wildman–Crippen LogP) is 3.40. The van der Waals surface area contributed by atoms with Crippen LogP contribution >= 0.6 is 0 Å². The van der Waals surface area contributed by atoms with Crippen LogP contribution in [-0.2, 0) is 12.8 Å². The summed E-state index contributed by atoms with van der Waals surface area (Å²) in [4.78, 5) is 0. The summed E-state index contributed by atoms with van der Waals surface area (Å²) in [6.07, 6.45) is 2.65. The Kier molecular flexibility index (Phi) is 3.08. The third kappa shape index (κ3) is 2.25. The van der Waals surface area contributed by atoms with Gasteiger partial charge in [0.2, 0.25) is 0 Å². The van der Waals surface area contributed by atoms with Gasteiger partial charge in [-0.1, -0.05) is 6.07 Å². The number of nitrogens with zero attached hydrogens (tertiary/aromatic N) is 4. The lowest BCUT2D eigenvalue weighted by molar-refractivity contribution is 0.0984. The zero-order valence-corrected chi connectivity index (χ0v) is 13.7. The van der Waals surface area contributed by atoms with E-state index >= 15 is 0 Å². The molecule has 0 bridgehead atoms. The molecule has 1 aliphatic carbocycles. The summed E-state index contributed by atoms with van der Waals surface area (Å²) in [6.45, 7) is 0.669. The van der Waals surface area contributed by atoms with Crippen molar-refractivity contribution in [2.24, 2.45) is 5.92 Å². The van der Waals surface area contributed by atoms with Crippen LogP contribution in [0.2, 0.25) is 0 Å². The Morgan fingerprint density at radius 3 is 2.92 bits per heavy atom. The van der Waals surface area contributed by atoms with Gasteiger partial charge in [0.1, 0.15) is 23.2 Å². The van der Waals surface area contributed by atoms with E-state index < -0.39 is 11.8 Å². The van der Waals surface area contributed by atoms with Gasteiger partial charge >= 0.3 is 0 Å². The molecule has 0 N–H and O–H groups in total. The van der Waals surface area contributed by atoms with E-state index in [0.29, 0.717) is 23.6 Å². The fourth-order valence-electron chi connectivity index (χ4n) is 3.56. The summed E-state index contributed by atoms with van der Waals surface area (Å²) in [5.74, 6) is -1.94. The molecule has 2 aliphatic rings. The van der Waals surface area contributed by atoms with Crippen molar-refractivity contribution in [3.63, 3.8) is 0 Å². The van der Waals surface area contributed by atoms with Crippen LogP contribution in [0.15, 0.2) is 30.5 Å². The van der Waals surface area contributed by atoms with Gasteiger partial charge in [-0.15, -0.1) is 10.2 Å². The van der Waals surface area contributed by atoms with Crippen LogP contribution in [0.25, 0.3) is 16.8 Å². The number of fused-ring (bicyclic) bond motifs is 2. The summed E-state index contributed by atoms with van der Waals surface area (Å²) in [5.41, 5.74) is 3.58. The molecule has 26 heavy (non-hydrogen) atoms. The van der Waals surface area contributed by atoms with Gasteiger partial charge < -0.3 is 4.74 Å². The molecule has 1 saturated carbocycles. The third-order valence-electron chi connectivity index (χ3n) is 5.15. The van der Waals surface area contributed by atoms with Gasteiger partial charge in [0.05, 0.1) is 6.61 Å². The van der Waals surface area contributed by atoms with E-state index in [0.717, 1.165) is 28.9 Å². The van der Waals surface area contributed by atoms with E-state index in [9.17, 15) is 14.0 Å². The molecule has 7 heteroatoms. The number of benzene rings is 1. The van der Waals surface area contributed by atoms with Crippen LogP contribution in [0.5, 0.6) is 5.75 Å². The third-order valence-corrected chi connectivity index (χ3v) is 5.15. The molecule has 0 amide bonds. The summed E-state index contributed by atoms with van der Waals surface area (Å²) >= 11 is 0. The van der Waals surface area contributed by atoms with E-state index in [-0.39, 0.29) is 12.8 Å². The normalized spacial score (nSPS) is 19.8. The monoisotopic (exact) mass is 352 g/mol. The Balaban J connectivity index is 1.58. The molecule has 1 fully saturated rings. The lowest BCUT2D eigenvalue weighted by atomic mass is 9.99. The maximum atomic E-state index is 13.2. The highest BCUT2D eigenvalue weighted by Crippen LogP contribution is 2.50. The van der Waals surface area contributed by atoms with E-state index in [1.165, 1.54) is 0 Å². The van der Waals surface area contributed by atoms with Crippen molar-refractivity contribution in [1.82, 2.24) is 14.6 Å². The highest BCUT2D eigenvalue weighted by Gasteiger charge is 2.56. The van der Waals surface area contributed by atoms with Crippen LogP contribution in [0.1, 0.15) is 23.4 Å². The summed E-state index contributed by atoms with van der Waals surface area (Å²) in [5, 5.41) is 17.8. The second kappa shape index (κ2) is 5.24. The second-order valence-corrected chi connectivity index (χ2v) is 6.81. The predicted molar refractivity (Wildman–Crippen MR) is 89.1 cm³/mol. The minimum atomic E-state index is -2.60. The topological polar surface area (TPSA) is 63.2 Å². The first-order valence-electron chi connectivity index (χ1n) is 8.47. The molecule has 2 aromatic heterocycles. The summed E-state index contributed by atoms with van der Waals surface area (Å²) in [7, 11) is 0. The van der Waals surface area contributed by atoms with Gasteiger partial charge in [-0.25, -0.2) is 8.78 Å². The molecule has 130 valence electrons. The quantitative estimate of drug-likeness (QED) is 0.725. The largest absolute Gasteiger partial charge is 0.493 e. The van der Waals surface area contributed by atoms with Crippen molar-refractivity contribution in [1.29, 1.82) is 5.26 Å². The first-order chi connectivity index (χ1) is 12.6. The van der Waals surface area contributed by atoms with E-state index in [4.69, 9.17) is 4.74 Å². The molecule has 3 heterocycles. The number of ether oxygens (including phenoxy) is 1. The Bertz CT molecular complexity index is 1080. The fraction of sp³-hybridized carbons (Fsp3) is 0.316. The first kappa shape index (κ1) is 15.3. The molecule has 5 nitrogen and oxygen atoms in total. The molecule has 0 saturated heterocycles. The van der Waals surface area contributed by atoms with Gasteiger partial charge in [0.15, 0.2) is 5.65 Å². The Morgan fingerprint density at radius 2 is 2.15 bits per heavy atom. The summed E-state index contributed by atoms with van der Waals surface area (Å²) in [6, 6.07) is 9.87. The van der Waals surface area contributed by atoms with Gasteiger partial charge in [0, 0.05) is 36.9 Å². The summed E-state index contributed by atoms with van der Waals surface area (Å²) < 4.78 is 33.6. The molecular formula is C19H14F2N4O. The molecule has 3 aromatic rings. The zero-order valence-electron chi connectivity index (χ0n) is 13.7. The second-order valence-electron chi connectivity index (χ2n) is 6.81. The SMILES string of the molecule is N#Cc1c(-c2ccc3c(c2)CCO3)ccn2c(CC3CC3(F)F)nnc12. The first-order valence-corrected chi connectivity index (χ1v) is 8.47. The average molecular weight is 352 g/mol. The lowest BCUT2D eigenvalue weighted by Crippen LogP contribution is -2.02. The maximum absolute atomic E-state index is 13.2. The Labute approximate surface area is 147 Å². The van der Waals surface area contributed by atoms with Crippen molar-refractivity contribution in [3.8, 4) is 22.9 Å². The number of pyridine rings is 1. The molecular weight excluding hydrogens is 338 g/mol. The lowest BCUT2D eigenvalue weighted by Gasteiger charge is -2.08. The molecule has 1 aliphatic heterocycles. The van der Waals surface area contributed by atoms with Crippen LogP contribution in [0, 0.1) is 17.2 Å². The van der Waals surface area contributed by atoms with Crippen LogP contribution < -0.4 is 4.74 Å².